The summed E-state index contributed by atoms with van der Waals surface area (Å²) in [6, 6.07) is 12.5. The molecule has 1 aliphatic carbocycles. The number of rotatable bonds is 8. The molecule has 4 rings (SSSR count). The van der Waals surface area contributed by atoms with Gasteiger partial charge in [0.25, 0.3) is 5.91 Å². The smallest absolute Gasteiger partial charge is 0.267 e. The number of nitrogens with zero attached hydrogens (tertiary/aromatic N) is 1. The van der Waals surface area contributed by atoms with Crippen LogP contribution in [-0.4, -0.2) is 45.8 Å². The standard InChI is InChI=1S/C24H26ClN3O3/c25-24-16(6-10-23(30)27-31)5-7-19-20(24)8-9-22(19)28(13-14-29)12-11-17-15-26-21-4-2-1-3-18(17)21/h1-7,10,15,22,26,29,31H,8-9,11-14H2,(H,27,30). The highest BCUT2D eigenvalue weighted by Crippen LogP contribution is 2.41. The zero-order valence-corrected chi connectivity index (χ0v) is 17.9. The second kappa shape index (κ2) is 9.66. The van der Waals surface area contributed by atoms with Gasteiger partial charge < -0.3 is 10.1 Å². The van der Waals surface area contributed by atoms with Crippen molar-refractivity contribution in [2.75, 3.05) is 19.7 Å². The Hall–Kier alpha value is -2.64. The molecule has 1 aromatic heterocycles. The van der Waals surface area contributed by atoms with Gasteiger partial charge in [0.15, 0.2) is 0 Å². The predicted molar refractivity (Wildman–Crippen MR) is 122 cm³/mol. The third-order valence-electron chi connectivity index (χ3n) is 6.03. The molecule has 1 amide bonds. The van der Waals surface area contributed by atoms with E-state index in [-0.39, 0.29) is 12.6 Å². The van der Waals surface area contributed by atoms with E-state index in [4.69, 9.17) is 16.8 Å². The van der Waals surface area contributed by atoms with Gasteiger partial charge >= 0.3 is 0 Å². The van der Waals surface area contributed by atoms with Crippen LogP contribution in [0.15, 0.2) is 48.7 Å². The van der Waals surface area contributed by atoms with Crippen LogP contribution in [0.3, 0.4) is 0 Å². The first-order chi connectivity index (χ1) is 15.1. The van der Waals surface area contributed by atoms with E-state index in [1.54, 1.807) is 11.6 Å². The summed E-state index contributed by atoms with van der Waals surface area (Å²) in [5.41, 5.74) is 7.01. The van der Waals surface area contributed by atoms with Crippen LogP contribution in [-0.2, 0) is 17.6 Å². The van der Waals surface area contributed by atoms with Gasteiger partial charge in [0.1, 0.15) is 0 Å². The minimum absolute atomic E-state index is 0.102. The number of hydrogen-bond acceptors (Lipinski definition) is 4. The number of H-pyrrole nitrogens is 1. The molecule has 1 aliphatic rings. The number of carbonyl (C=O) groups excluding carboxylic acids is 1. The summed E-state index contributed by atoms with van der Waals surface area (Å²) in [4.78, 5) is 16.9. The number of hydroxylamine groups is 1. The van der Waals surface area contributed by atoms with Crippen molar-refractivity contribution in [2.45, 2.75) is 25.3 Å². The van der Waals surface area contributed by atoms with Crippen LogP contribution >= 0.6 is 11.6 Å². The Bertz CT molecular complexity index is 1110. The number of aliphatic hydroxyl groups is 1. The highest BCUT2D eigenvalue weighted by molar-refractivity contribution is 6.33. The van der Waals surface area contributed by atoms with E-state index in [9.17, 15) is 9.90 Å². The summed E-state index contributed by atoms with van der Waals surface area (Å²) in [5.74, 6) is -0.596. The predicted octanol–water partition coefficient (Wildman–Crippen LogP) is 3.86. The molecule has 1 unspecified atom stereocenters. The third-order valence-corrected chi connectivity index (χ3v) is 6.48. The highest BCUT2D eigenvalue weighted by atomic mass is 35.5. The lowest BCUT2D eigenvalue weighted by molar-refractivity contribution is -0.124. The average molecular weight is 440 g/mol. The number of fused-ring (bicyclic) bond motifs is 2. The van der Waals surface area contributed by atoms with Gasteiger partial charge in [-0.25, -0.2) is 5.48 Å². The summed E-state index contributed by atoms with van der Waals surface area (Å²) < 4.78 is 0. The van der Waals surface area contributed by atoms with Crippen molar-refractivity contribution in [2.24, 2.45) is 0 Å². The van der Waals surface area contributed by atoms with Crippen LogP contribution in [0.5, 0.6) is 0 Å². The minimum Gasteiger partial charge on any atom is -0.395 e. The average Bonchev–Trinajstić information content (AvgIpc) is 3.41. The van der Waals surface area contributed by atoms with E-state index in [0.717, 1.165) is 42.5 Å². The number of hydrogen-bond donors (Lipinski definition) is 4. The minimum atomic E-state index is -0.596. The number of carbonyl (C=O) groups is 1. The molecular weight excluding hydrogens is 414 g/mol. The molecule has 0 radical (unpaired) electrons. The molecule has 3 aromatic rings. The van der Waals surface area contributed by atoms with E-state index in [0.29, 0.717) is 11.6 Å². The summed E-state index contributed by atoms with van der Waals surface area (Å²) in [6.45, 7) is 1.54. The first kappa shape index (κ1) is 21.6. The maximum atomic E-state index is 11.3. The number of halogens is 1. The molecule has 0 bridgehead atoms. The van der Waals surface area contributed by atoms with Crippen molar-refractivity contribution < 1.29 is 15.1 Å². The van der Waals surface area contributed by atoms with E-state index in [1.165, 1.54) is 22.6 Å². The number of aromatic amines is 1. The summed E-state index contributed by atoms with van der Waals surface area (Å²) in [7, 11) is 0. The number of aromatic nitrogens is 1. The summed E-state index contributed by atoms with van der Waals surface area (Å²) in [5, 5.41) is 20.2. The Kier molecular flexibility index (Phi) is 6.73. The van der Waals surface area contributed by atoms with Crippen molar-refractivity contribution in [3.63, 3.8) is 0 Å². The second-order valence-corrected chi connectivity index (χ2v) is 8.15. The number of amides is 1. The third kappa shape index (κ3) is 4.52. The van der Waals surface area contributed by atoms with Crippen molar-refractivity contribution in [3.05, 3.63) is 75.9 Å². The van der Waals surface area contributed by atoms with Gasteiger partial charge in [-0.2, -0.15) is 0 Å². The van der Waals surface area contributed by atoms with E-state index < -0.39 is 5.91 Å². The Balaban J connectivity index is 1.53. The number of nitrogens with one attached hydrogen (secondary N) is 2. The molecule has 2 aromatic carbocycles. The molecule has 0 fully saturated rings. The lowest BCUT2D eigenvalue weighted by Gasteiger charge is -2.29. The molecule has 1 atom stereocenters. The lowest BCUT2D eigenvalue weighted by Crippen LogP contribution is -2.32. The Morgan fingerprint density at radius 3 is 2.90 bits per heavy atom. The largest absolute Gasteiger partial charge is 0.395 e. The molecule has 162 valence electrons. The van der Waals surface area contributed by atoms with E-state index >= 15 is 0 Å². The SMILES string of the molecule is O=C(C=Cc1ccc2c(c1Cl)CCC2N(CCO)CCc1c[nH]c2ccccc12)NO. The fourth-order valence-electron chi connectivity index (χ4n) is 4.52. The monoisotopic (exact) mass is 439 g/mol. The topological polar surface area (TPSA) is 88.6 Å². The van der Waals surface area contributed by atoms with Gasteiger partial charge in [-0.1, -0.05) is 41.9 Å². The molecule has 0 saturated carbocycles. The molecule has 4 N–H and O–H groups in total. The maximum Gasteiger partial charge on any atom is 0.267 e. The zero-order chi connectivity index (χ0) is 21.8. The van der Waals surface area contributed by atoms with Crippen LogP contribution < -0.4 is 5.48 Å². The summed E-state index contributed by atoms with van der Waals surface area (Å²) in [6.07, 6.45) is 7.60. The van der Waals surface area contributed by atoms with Crippen molar-refractivity contribution in [3.8, 4) is 0 Å². The van der Waals surface area contributed by atoms with Crippen LogP contribution in [0.1, 0.15) is 34.7 Å². The van der Waals surface area contributed by atoms with Crippen molar-refractivity contribution in [1.82, 2.24) is 15.4 Å². The van der Waals surface area contributed by atoms with Crippen molar-refractivity contribution >= 4 is 34.5 Å². The highest BCUT2D eigenvalue weighted by Gasteiger charge is 2.29. The summed E-state index contributed by atoms with van der Waals surface area (Å²) >= 11 is 6.63. The molecule has 6 nitrogen and oxygen atoms in total. The number of aliphatic hydroxyl groups excluding tert-OH is 1. The number of para-hydroxylation sites is 1. The molecule has 7 heteroatoms. The zero-order valence-electron chi connectivity index (χ0n) is 17.1. The molecular formula is C24H26ClN3O3. The quantitative estimate of drug-likeness (QED) is 0.244. The van der Waals surface area contributed by atoms with Gasteiger partial charge in [0, 0.05) is 42.3 Å². The van der Waals surface area contributed by atoms with E-state index in [1.807, 2.05) is 12.1 Å². The van der Waals surface area contributed by atoms with E-state index in [2.05, 4.69) is 40.3 Å². The van der Waals surface area contributed by atoms with Crippen molar-refractivity contribution in [1.29, 1.82) is 0 Å². The second-order valence-electron chi connectivity index (χ2n) is 7.77. The van der Waals surface area contributed by atoms with Crippen LogP contribution in [0, 0.1) is 0 Å². The maximum absolute atomic E-state index is 11.3. The molecule has 0 aliphatic heterocycles. The first-order valence-corrected chi connectivity index (χ1v) is 10.8. The number of benzene rings is 2. The molecule has 0 saturated heterocycles. The van der Waals surface area contributed by atoms with Crippen LogP contribution in [0.25, 0.3) is 17.0 Å². The van der Waals surface area contributed by atoms with Gasteiger partial charge in [0.2, 0.25) is 0 Å². The molecule has 0 spiro atoms. The Labute approximate surface area is 186 Å². The van der Waals surface area contributed by atoms with Crippen LogP contribution in [0.2, 0.25) is 5.02 Å². The van der Waals surface area contributed by atoms with Gasteiger partial charge in [-0.3, -0.25) is 14.9 Å². The van der Waals surface area contributed by atoms with Gasteiger partial charge in [-0.05, 0) is 53.7 Å². The normalized spacial score (nSPS) is 15.8. The lowest BCUT2D eigenvalue weighted by atomic mass is 10.0. The fourth-order valence-corrected chi connectivity index (χ4v) is 4.85. The van der Waals surface area contributed by atoms with Gasteiger partial charge in [-0.15, -0.1) is 0 Å². The van der Waals surface area contributed by atoms with Crippen LogP contribution in [0.4, 0.5) is 0 Å². The fraction of sp³-hybridized carbons (Fsp3) is 0.292. The first-order valence-electron chi connectivity index (χ1n) is 10.5. The van der Waals surface area contributed by atoms with Gasteiger partial charge in [0.05, 0.1) is 11.6 Å². The molecule has 31 heavy (non-hydrogen) atoms. The Morgan fingerprint density at radius 2 is 2.10 bits per heavy atom. The molecule has 1 heterocycles. The Morgan fingerprint density at radius 1 is 1.26 bits per heavy atom.